The van der Waals surface area contributed by atoms with Crippen LogP contribution in [0, 0.1) is 11.7 Å². The first-order valence-corrected chi connectivity index (χ1v) is 11.7. The number of rotatable bonds is 3. The number of likely N-dealkylation sites (tertiary alicyclic amines) is 1. The Balaban J connectivity index is 1.59. The third-order valence-electron chi connectivity index (χ3n) is 5.61. The van der Waals surface area contributed by atoms with E-state index in [0.717, 1.165) is 10.5 Å². The minimum atomic E-state index is -1.05. The lowest BCUT2D eigenvalue weighted by molar-refractivity contribution is -0.148. The van der Waals surface area contributed by atoms with Crippen LogP contribution in [0.25, 0.3) is 0 Å². The molecule has 1 unspecified atom stereocenters. The number of nitrogens with zero attached hydrogens (tertiary/aromatic N) is 1. The summed E-state index contributed by atoms with van der Waals surface area (Å²) in [6, 6.07) is 12.4. The van der Waals surface area contributed by atoms with E-state index in [0.29, 0.717) is 37.4 Å². The predicted molar refractivity (Wildman–Crippen MR) is 118 cm³/mol. The Hall–Kier alpha value is -2.41. The molecule has 31 heavy (non-hydrogen) atoms. The Labute approximate surface area is 186 Å². The quantitative estimate of drug-likeness (QED) is 0.557. The van der Waals surface area contributed by atoms with Gasteiger partial charge in [0.1, 0.15) is 11.4 Å². The lowest BCUT2D eigenvalue weighted by Crippen LogP contribution is -2.50. The molecule has 0 bridgehead atoms. The molecule has 166 valence electrons. The van der Waals surface area contributed by atoms with Crippen LogP contribution in [0.1, 0.15) is 39.2 Å². The van der Waals surface area contributed by atoms with Gasteiger partial charge in [0.2, 0.25) is 0 Å². The molecule has 0 radical (unpaired) electrons. The Morgan fingerprint density at radius 1 is 1.10 bits per heavy atom. The smallest absolute Gasteiger partial charge is 0.410 e. The summed E-state index contributed by atoms with van der Waals surface area (Å²) in [5.74, 6) is -0.488. The summed E-state index contributed by atoms with van der Waals surface area (Å²) in [6.07, 6.45) is 3.08. The molecule has 1 saturated heterocycles. The molecule has 1 amide bonds. The van der Waals surface area contributed by atoms with Gasteiger partial charge in [-0.15, -0.1) is 11.8 Å². The normalized spacial score (nSPS) is 21.3. The fourth-order valence-electron chi connectivity index (χ4n) is 4.11. The van der Waals surface area contributed by atoms with Gasteiger partial charge in [-0.2, -0.15) is 0 Å². The largest absolute Gasteiger partial charge is 0.444 e. The van der Waals surface area contributed by atoms with Crippen molar-refractivity contribution in [2.24, 2.45) is 5.92 Å². The summed E-state index contributed by atoms with van der Waals surface area (Å²) in [5, 5.41) is 0. The van der Waals surface area contributed by atoms with Gasteiger partial charge < -0.3 is 19.1 Å². The number of piperidine rings is 1. The average molecular weight is 446 g/mol. The zero-order chi connectivity index (χ0) is 22.2. The Kier molecular flexibility index (Phi) is 5.81. The van der Waals surface area contributed by atoms with E-state index in [4.69, 9.17) is 14.2 Å². The van der Waals surface area contributed by atoms with Crippen LogP contribution in [0.5, 0.6) is 11.5 Å². The van der Waals surface area contributed by atoms with Crippen LogP contribution in [0.4, 0.5) is 9.18 Å². The molecule has 0 aliphatic carbocycles. The van der Waals surface area contributed by atoms with Crippen molar-refractivity contribution in [2.75, 3.05) is 19.3 Å². The van der Waals surface area contributed by atoms with Gasteiger partial charge in [-0.1, -0.05) is 12.1 Å². The minimum Gasteiger partial charge on any atom is -0.444 e. The second-order valence-electron chi connectivity index (χ2n) is 8.93. The van der Waals surface area contributed by atoms with Crippen molar-refractivity contribution in [1.29, 1.82) is 0 Å². The molecule has 2 heterocycles. The van der Waals surface area contributed by atoms with Gasteiger partial charge in [0.25, 0.3) is 5.79 Å². The van der Waals surface area contributed by atoms with Gasteiger partial charge in [-0.25, -0.2) is 9.18 Å². The minimum absolute atomic E-state index is 0.0122. The molecule has 2 aromatic carbocycles. The molecule has 4 rings (SSSR count). The summed E-state index contributed by atoms with van der Waals surface area (Å²) in [6.45, 7) is 6.67. The molecule has 7 heteroatoms. The molecule has 0 saturated carbocycles. The fraction of sp³-hybridized carbons (Fsp3) is 0.458. The van der Waals surface area contributed by atoms with E-state index in [2.05, 4.69) is 0 Å². The Bertz CT molecular complexity index is 951. The zero-order valence-corrected chi connectivity index (χ0v) is 19.1. The lowest BCUT2D eigenvalue weighted by atomic mass is 9.84. The monoisotopic (exact) mass is 445 g/mol. The number of amides is 1. The van der Waals surface area contributed by atoms with Crippen LogP contribution in [0.2, 0.25) is 0 Å². The van der Waals surface area contributed by atoms with Crippen molar-refractivity contribution < 1.29 is 23.4 Å². The summed E-state index contributed by atoms with van der Waals surface area (Å²) < 4.78 is 32.1. The summed E-state index contributed by atoms with van der Waals surface area (Å²) in [7, 11) is 0. The number of hydrogen-bond acceptors (Lipinski definition) is 5. The maximum atomic E-state index is 13.8. The van der Waals surface area contributed by atoms with E-state index in [1.165, 1.54) is 12.1 Å². The maximum absolute atomic E-state index is 13.8. The van der Waals surface area contributed by atoms with Crippen LogP contribution in [-0.4, -0.2) is 35.9 Å². The average Bonchev–Trinajstić information content (AvgIpc) is 3.12. The van der Waals surface area contributed by atoms with Gasteiger partial charge in [-0.3, -0.25) is 0 Å². The molecule has 0 N–H and O–H groups in total. The number of carbonyl (C=O) groups is 1. The van der Waals surface area contributed by atoms with E-state index in [1.54, 1.807) is 22.7 Å². The topological polar surface area (TPSA) is 48.0 Å². The number of hydrogen-bond donors (Lipinski definition) is 0. The van der Waals surface area contributed by atoms with Crippen LogP contribution in [-0.2, 0) is 10.5 Å². The number of benzene rings is 2. The van der Waals surface area contributed by atoms with E-state index >= 15 is 0 Å². The molecule has 5 nitrogen and oxygen atoms in total. The second kappa shape index (κ2) is 8.26. The highest BCUT2D eigenvalue weighted by molar-refractivity contribution is 7.98. The van der Waals surface area contributed by atoms with Gasteiger partial charge in [0.15, 0.2) is 11.5 Å². The molecule has 1 fully saturated rings. The fourth-order valence-corrected chi connectivity index (χ4v) is 4.51. The molecular formula is C24H28FNO4S. The number of carbonyl (C=O) groups excluding carboxylic acids is 1. The van der Waals surface area contributed by atoms with Crippen molar-refractivity contribution in [3.05, 3.63) is 53.8 Å². The van der Waals surface area contributed by atoms with E-state index in [9.17, 15) is 9.18 Å². The van der Waals surface area contributed by atoms with Crippen molar-refractivity contribution in [2.45, 2.75) is 49.9 Å². The van der Waals surface area contributed by atoms with Crippen LogP contribution >= 0.6 is 11.8 Å². The number of fused-ring (bicyclic) bond motifs is 1. The van der Waals surface area contributed by atoms with Gasteiger partial charge in [0, 0.05) is 35.5 Å². The standard InChI is InChI=1S/C24H28FNO4S/c1-23(2,3)30-22(27)26-13-11-17(12-14-26)24(16-5-8-19(31-4)9-6-16)28-20-10-7-18(25)15-21(20)29-24/h5-10,15,17H,11-14H2,1-4H3. The lowest BCUT2D eigenvalue weighted by Gasteiger charge is -2.41. The van der Waals surface area contributed by atoms with Crippen molar-refractivity contribution in [1.82, 2.24) is 4.90 Å². The number of halogens is 1. The first-order chi connectivity index (χ1) is 14.7. The number of thioether (sulfide) groups is 1. The van der Waals surface area contributed by atoms with E-state index in [1.807, 2.05) is 51.3 Å². The molecule has 2 aromatic rings. The highest BCUT2D eigenvalue weighted by Gasteiger charge is 2.51. The summed E-state index contributed by atoms with van der Waals surface area (Å²) in [4.78, 5) is 15.3. The van der Waals surface area contributed by atoms with Crippen LogP contribution in [0.3, 0.4) is 0 Å². The van der Waals surface area contributed by atoms with Crippen LogP contribution < -0.4 is 9.47 Å². The highest BCUT2D eigenvalue weighted by Crippen LogP contribution is 2.50. The maximum Gasteiger partial charge on any atom is 0.410 e. The first kappa shape index (κ1) is 21.8. The van der Waals surface area contributed by atoms with E-state index < -0.39 is 11.4 Å². The molecule has 2 aliphatic heterocycles. The molecule has 2 aliphatic rings. The predicted octanol–water partition coefficient (Wildman–Crippen LogP) is 5.82. The molecular weight excluding hydrogens is 417 g/mol. The first-order valence-electron chi connectivity index (χ1n) is 10.5. The highest BCUT2D eigenvalue weighted by atomic mass is 32.2. The second-order valence-corrected chi connectivity index (χ2v) is 9.81. The number of ether oxygens (including phenoxy) is 3. The summed E-state index contributed by atoms with van der Waals surface area (Å²) in [5.41, 5.74) is 0.357. The molecule has 0 spiro atoms. The zero-order valence-electron chi connectivity index (χ0n) is 18.3. The summed E-state index contributed by atoms with van der Waals surface area (Å²) >= 11 is 1.66. The van der Waals surface area contributed by atoms with Crippen molar-refractivity contribution >= 4 is 17.9 Å². The SMILES string of the molecule is CSc1ccc(C2(C3CCN(C(=O)OC(C)(C)C)CC3)Oc3ccc(F)cc3O2)cc1. The Morgan fingerprint density at radius 3 is 2.35 bits per heavy atom. The van der Waals surface area contributed by atoms with Gasteiger partial charge >= 0.3 is 6.09 Å². The third-order valence-corrected chi connectivity index (χ3v) is 6.35. The van der Waals surface area contributed by atoms with Crippen molar-refractivity contribution in [3.8, 4) is 11.5 Å². The molecule has 1 atom stereocenters. The Morgan fingerprint density at radius 2 is 1.74 bits per heavy atom. The van der Waals surface area contributed by atoms with E-state index in [-0.39, 0.29) is 17.8 Å². The van der Waals surface area contributed by atoms with Crippen molar-refractivity contribution in [3.63, 3.8) is 0 Å². The third kappa shape index (κ3) is 4.47. The van der Waals surface area contributed by atoms with Crippen LogP contribution in [0.15, 0.2) is 47.4 Å². The van der Waals surface area contributed by atoms with Gasteiger partial charge in [0.05, 0.1) is 0 Å². The van der Waals surface area contributed by atoms with Gasteiger partial charge in [-0.05, 0) is 64.1 Å². The molecule has 0 aromatic heterocycles.